The van der Waals surface area contributed by atoms with Crippen molar-refractivity contribution < 1.29 is 8.42 Å². The van der Waals surface area contributed by atoms with Crippen LogP contribution in [0.1, 0.15) is 20.8 Å². The van der Waals surface area contributed by atoms with Crippen molar-refractivity contribution >= 4 is 15.7 Å². The number of hydrogen-bond acceptors (Lipinski definition) is 3. The van der Waals surface area contributed by atoms with E-state index in [4.69, 9.17) is 0 Å². The van der Waals surface area contributed by atoms with Crippen LogP contribution >= 0.6 is 0 Å². The van der Waals surface area contributed by atoms with Crippen LogP contribution in [0, 0.1) is 0 Å². The summed E-state index contributed by atoms with van der Waals surface area (Å²) in [4.78, 5) is 3.95. The van der Waals surface area contributed by atoms with Crippen molar-refractivity contribution in [3.63, 3.8) is 0 Å². The summed E-state index contributed by atoms with van der Waals surface area (Å²) in [5.41, 5.74) is 0.530. The topological polar surface area (TPSA) is 58.5 Å². The van der Waals surface area contributed by atoms with Crippen LogP contribution in [0.5, 0.6) is 0 Å². The van der Waals surface area contributed by atoms with E-state index in [1.807, 2.05) is 0 Å². The average Bonchev–Trinajstić information content (AvgIpc) is 2.14. The smallest absolute Gasteiger partial charge is 0.240 e. The van der Waals surface area contributed by atoms with Crippen molar-refractivity contribution in [3.8, 4) is 0 Å². The maximum absolute atomic E-state index is 11.8. The van der Waals surface area contributed by atoms with Gasteiger partial charge in [-0.3, -0.25) is 0 Å². The molecule has 0 fully saturated rings. The average molecular weight is 242 g/mol. The summed E-state index contributed by atoms with van der Waals surface area (Å²) in [7, 11) is -3.58. The zero-order valence-corrected chi connectivity index (χ0v) is 10.7. The zero-order chi connectivity index (χ0) is 12.8. The zero-order valence-electron chi connectivity index (χ0n) is 9.90. The van der Waals surface area contributed by atoms with Crippen LogP contribution in [0.3, 0.4) is 0 Å². The van der Waals surface area contributed by atoms with Gasteiger partial charge in [0.2, 0.25) is 0 Å². The van der Waals surface area contributed by atoms with Gasteiger partial charge in [-0.15, -0.1) is 0 Å². The van der Waals surface area contributed by atoms with Gasteiger partial charge in [0.25, 0.3) is 10.0 Å². The van der Waals surface area contributed by atoms with Gasteiger partial charge in [-0.2, -0.15) is 0 Å². The van der Waals surface area contributed by atoms with Crippen LogP contribution in [-0.2, 0) is 10.0 Å². The molecule has 0 aliphatic heterocycles. The summed E-state index contributed by atoms with van der Waals surface area (Å²) < 4.78 is 26.1. The molecule has 16 heavy (non-hydrogen) atoms. The highest BCUT2D eigenvalue weighted by molar-refractivity contribution is 7.93. The van der Waals surface area contributed by atoms with Crippen LogP contribution in [0.15, 0.2) is 41.4 Å². The highest BCUT2D eigenvalue weighted by Gasteiger charge is 2.17. The summed E-state index contributed by atoms with van der Waals surface area (Å²) >= 11 is 0. The fraction of sp³-hybridized carbons (Fsp3) is 0.364. The van der Waals surface area contributed by atoms with Gasteiger partial charge in [-0.1, -0.05) is 19.2 Å². The number of sulfonamides is 1. The van der Waals surface area contributed by atoms with Crippen molar-refractivity contribution in [2.24, 2.45) is 4.99 Å². The molecule has 90 valence electrons. The van der Waals surface area contributed by atoms with E-state index in [2.05, 4.69) is 22.9 Å². The van der Waals surface area contributed by atoms with E-state index in [9.17, 15) is 8.42 Å². The summed E-state index contributed by atoms with van der Waals surface area (Å²) in [5.74, 6) is 0. The number of hydrogen-bond donors (Lipinski definition) is 1. The normalized spacial score (nSPS) is 14.0. The molecular weight excluding hydrogens is 224 g/mol. The Labute approximate surface area is 97.5 Å². The SMILES string of the molecule is C=C/C=C(\N=C(\C)C=C)S(=O)(=O)NC(C)C. The van der Waals surface area contributed by atoms with Crippen molar-refractivity contribution in [3.05, 3.63) is 36.4 Å². The molecule has 0 aromatic rings. The van der Waals surface area contributed by atoms with Crippen molar-refractivity contribution in [1.29, 1.82) is 0 Å². The summed E-state index contributed by atoms with van der Waals surface area (Å²) in [6, 6.07) is -0.183. The number of nitrogens with one attached hydrogen (secondary N) is 1. The van der Waals surface area contributed by atoms with Gasteiger partial charge in [0.1, 0.15) is 0 Å². The first-order chi connectivity index (χ1) is 7.33. The van der Waals surface area contributed by atoms with Gasteiger partial charge >= 0.3 is 0 Å². The van der Waals surface area contributed by atoms with Gasteiger partial charge in [0.15, 0.2) is 5.03 Å². The molecule has 4 nitrogen and oxygen atoms in total. The molecular formula is C11H18N2O2S. The minimum Gasteiger partial charge on any atom is -0.240 e. The molecule has 0 heterocycles. The van der Waals surface area contributed by atoms with Crippen molar-refractivity contribution in [1.82, 2.24) is 4.72 Å². The predicted molar refractivity (Wildman–Crippen MR) is 68.8 cm³/mol. The third kappa shape index (κ3) is 5.04. The first-order valence-electron chi connectivity index (χ1n) is 4.86. The lowest BCUT2D eigenvalue weighted by Gasteiger charge is -2.09. The Morgan fingerprint density at radius 2 is 1.94 bits per heavy atom. The number of nitrogens with zero attached hydrogens (tertiary/aromatic N) is 1. The van der Waals surface area contributed by atoms with E-state index in [1.54, 1.807) is 20.8 Å². The second-order valence-corrected chi connectivity index (χ2v) is 5.13. The third-order valence-corrected chi connectivity index (χ3v) is 3.07. The maximum Gasteiger partial charge on any atom is 0.258 e. The van der Waals surface area contributed by atoms with E-state index in [0.29, 0.717) is 5.71 Å². The van der Waals surface area contributed by atoms with Crippen molar-refractivity contribution in [2.45, 2.75) is 26.8 Å². The molecule has 0 aromatic heterocycles. The minimum absolute atomic E-state index is 0.0615. The molecule has 0 unspecified atom stereocenters. The van der Waals surface area contributed by atoms with Gasteiger partial charge < -0.3 is 0 Å². The van der Waals surface area contributed by atoms with E-state index >= 15 is 0 Å². The van der Waals surface area contributed by atoms with Gasteiger partial charge in [-0.05, 0) is 32.9 Å². The van der Waals surface area contributed by atoms with E-state index in [-0.39, 0.29) is 11.1 Å². The maximum atomic E-state index is 11.8. The molecule has 0 aliphatic carbocycles. The quantitative estimate of drug-likeness (QED) is 0.572. The Morgan fingerprint density at radius 1 is 1.38 bits per heavy atom. The van der Waals surface area contributed by atoms with Crippen LogP contribution in [0.4, 0.5) is 0 Å². The first kappa shape index (κ1) is 14.8. The summed E-state index contributed by atoms with van der Waals surface area (Å²) in [6.45, 7) is 12.1. The second-order valence-electron chi connectivity index (χ2n) is 3.47. The molecule has 0 amide bonds. The largest absolute Gasteiger partial charge is 0.258 e. The van der Waals surface area contributed by atoms with Gasteiger partial charge in [0, 0.05) is 11.8 Å². The molecule has 0 radical (unpaired) electrons. The fourth-order valence-electron chi connectivity index (χ4n) is 0.878. The van der Waals surface area contributed by atoms with E-state index in [0.717, 1.165) is 0 Å². The van der Waals surface area contributed by atoms with E-state index < -0.39 is 10.0 Å². The first-order valence-corrected chi connectivity index (χ1v) is 6.34. The molecule has 5 heteroatoms. The Balaban J connectivity index is 5.32. The Hall–Kier alpha value is -1.20. The molecule has 0 spiro atoms. The van der Waals surface area contributed by atoms with Gasteiger partial charge in [-0.25, -0.2) is 18.1 Å². The number of aliphatic imine (C=N–C) groups is 1. The molecule has 1 N–H and O–H groups in total. The predicted octanol–water partition coefficient (Wildman–Crippen LogP) is 1.99. The Kier molecular flexibility index (Phi) is 5.92. The molecule has 0 atom stereocenters. The molecule has 0 aromatic carbocycles. The molecule has 0 bridgehead atoms. The highest BCUT2D eigenvalue weighted by atomic mass is 32.2. The minimum atomic E-state index is -3.58. The van der Waals surface area contributed by atoms with Crippen LogP contribution in [0.2, 0.25) is 0 Å². The Bertz CT molecular complexity index is 417. The fourth-order valence-corrected chi connectivity index (χ4v) is 2.16. The van der Waals surface area contributed by atoms with Crippen molar-refractivity contribution in [2.75, 3.05) is 0 Å². The summed E-state index contributed by atoms with van der Waals surface area (Å²) in [5, 5.41) is -0.0615. The lowest BCUT2D eigenvalue weighted by Crippen LogP contribution is -2.31. The monoisotopic (exact) mass is 242 g/mol. The summed E-state index contributed by atoms with van der Waals surface area (Å²) in [6.07, 6.45) is 4.22. The number of allylic oxidation sites excluding steroid dienone is 3. The van der Waals surface area contributed by atoms with Crippen LogP contribution in [0.25, 0.3) is 0 Å². The second kappa shape index (κ2) is 6.40. The molecule has 0 rings (SSSR count). The van der Waals surface area contributed by atoms with E-state index in [1.165, 1.54) is 18.2 Å². The molecule has 0 aliphatic rings. The Morgan fingerprint density at radius 3 is 2.31 bits per heavy atom. The highest BCUT2D eigenvalue weighted by Crippen LogP contribution is 2.08. The molecule has 0 saturated carbocycles. The number of rotatable bonds is 6. The van der Waals surface area contributed by atoms with Crippen LogP contribution < -0.4 is 4.72 Å². The third-order valence-electron chi connectivity index (χ3n) is 1.51. The lowest BCUT2D eigenvalue weighted by atomic mass is 10.4. The lowest BCUT2D eigenvalue weighted by molar-refractivity contribution is 0.576. The standard InChI is InChI=1S/C11H18N2O2S/c1-6-8-11(12-10(5)7-2)16(14,15)13-9(3)4/h6-9,13H,1-2H2,3-5H3/b11-8+,12-10-. The van der Waals surface area contributed by atoms with Crippen LogP contribution in [-0.4, -0.2) is 20.2 Å². The molecule has 0 saturated heterocycles. The van der Waals surface area contributed by atoms with Gasteiger partial charge in [0.05, 0.1) is 0 Å².